The largest absolute Gasteiger partial charge is 0.477 e. The highest BCUT2D eigenvalue weighted by Gasteiger charge is 2.40. The molecule has 1 aliphatic heterocycles. The zero-order valence-electron chi connectivity index (χ0n) is 11.0. The summed E-state index contributed by atoms with van der Waals surface area (Å²) in [6.07, 6.45) is 7.19. The fourth-order valence-corrected chi connectivity index (χ4v) is 1.55. The second-order valence-corrected chi connectivity index (χ2v) is 4.50. The molecule has 0 aliphatic carbocycles. The van der Waals surface area contributed by atoms with E-state index in [0.717, 1.165) is 6.42 Å². The van der Waals surface area contributed by atoms with E-state index < -0.39 is 17.8 Å². The molecule has 0 aromatic rings. The van der Waals surface area contributed by atoms with E-state index in [-0.39, 0.29) is 11.5 Å². The minimum Gasteiger partial charge on any atom is -0.477 e. The van der Waals surface area contributed by atoms with Crippen LogP contribution >= 0.6 is 0 Å². The molecule has 0 spiro atoms. The van der Waals surface area contributed by atoms with Crippen LogP contribution < -0.4 is 0 Å². The topological polar surface area (TPSA) is 66.8 Å². The van der Waals surface area contributed by atoms with Gasteiger partial charge in [-0.1, -0.05) is 25.2 Å². The van der Waals surface area contributed by atoms with Crippen molar-refractivity contribution in [2.45, 2.75) is 45.0 Å². The first kappa shape index (κ1) is 14.7. The monoisotopic (exact) mass is 252 g/mol. The van der Waals surface area contributed by atoms with E-state index in [9.17, 15) is 15.0 Å². The summed E-state index contributed by atoms with van der Waals surface area (Å²) < 4.78 is 5.45. The summed E-state index contributed by atoms with van der Waals surface area (Å²) in [7, 11) is 0. The van der Waals surface area contributed by atoms with Crippen LogP contribution in [0.15, 0.2) is 36.1 Å². The number of carbonyl (C=O) groups excluding carboxylic acids is 1. The fourth-order valence-electron chi connectivity index (χ4n) is 1.55. The van der Waals surface area contributed by atoms with Crippen molar-refractivity contribution in [2.75, 3.05) is 0 Å². The summed E-state index contributed by atoms with van der Waals surface area (Å²) in [6, 6.07) is 0. The number of ether oxygens (including phenoxy) is 1. The molecular weight excluding hydrogens is 232 g/mol. The van der Waals surface area contributed by atoms with E-state index >= 15 is 0 Å². The molecule has 2 N–H and O–H groups in total. The van der Waals surface area contributed by atoms with Gasteiger partial charge in [0.2, 0.25) is 5.78 Å². The zero-order chi connectivity index (χ0) is 13.8. The Labute approximate surface area is 107 Å². The molecule has 0 amide bonds. The van der Waals surface area contributed by atoms with Crippen LogP contribution in [0.5, 0.6) is 0 Å². The highest BCUT2D eigenvalue weighted by molar-refractivity contribution is 6.00. The van der Waals surface area contributed by atoms with Crippen molar-refractivity contribution in [2.24, 2.45) is 0 Å². The van der Waals surface area contributed by atoms with Crippen molar-refractivity contribution in [1.82, 2.24) is 0 Å². The standard InChI is InChI=1S/C14H20O4/c1-4-5-6-7-8-14(3)12(16)9-11(18-14)13(17)10(2)15/h5-10,13,15,17H,4H2,1-3H3/b6-5+,8-7+. The summed E-state index contributed by atoms with van der Waals surface area (Å²) in [4.78, 5) is 11.8. The van der Waals surface area contributed by atoms with Gasteiger partial charge < -0.3 is 14.9 Å². The van der Waals surface area contributed by atoms with E-state index in [1.165, 1.54) is 13.0 Å². The maximum Gasteiger partial charge on any atom is 0.206 e. The van der Waals surface area contributed by atoms with Gasteiger partial charge in [0.15, 0.2) is 5.60 Å². The average Bonchev–Trinajstić information content (AvgIpc) is 2.61. The molecule has 0 fully saturated rings. The van der Waals surface area contributed by atoms with Crippen LogP contribution in [0.2, 0.25) is 0 Å². The van der Waals surface area contributed by atoms with Gasteiger partial charge in [-0.25, -0.2) is 0 Å². The van der Waals surface area contributed by atoms with Gasteiger partial charge in [-0.15, -0.1) is 0 Å². The van der Waals surface area contributed by atoms with E-state index in [1.54, 1.807) is 19.1 Å². The molecule has 18 heavy (non-hydrogen) atoms. The van der Waals surface area contributed by atoms with E-state index in [1.807, 2.05) is 19.1 Å². The SMILES string of the molecule is CC/C=C/C=C/C1(C)OC(C(O)C(C)O)=CC1=O. The predicted molar refractivity (Wildman–Crippen MR) is 68.8 cm³/mol. The third-order valence-electron chi connectivity index (χ3n) is 2.74. The molecule has 1 heterocycles. The molecule has 0 aromatic heterocycles. The van der Waals surface area contributed by atoms with Crippen LogP contribution in [0.1, 0.15) is 27.2 Å². The number of hydrogen-bond acceptors (Lipinski definition) is 4. The number of aliphatic hydroxyl groups excluding tert-OH is 2. The molecule has 4 heteroatoms. The van der Waals surface area contributed by atoms with Crippen molar-refractivity contribution in [3.05, 3.63) is 36.1 Å². The van der Waals surface area contributed by atoms with Gasteiger partial charge in [-0.05, 0) is 26.3 Å². The van der Waals surface area contributed by atoms with E-state index in [2.05, 4.69) is 0 Å². The number of allylic oxidation sites excluding steroid dienone is 3. The van der Waals surface area contributed by atoms with Crippen LogP contribution in [-0.4, -0.2) is 33.8 Å². The number of aliphatic hydroxyl groups is 2. The Morgan fingerprint density at radius 1 is 1.44 bits per heavy atom. The maximum absolute atomic E-state index is 11.8. The second kappa shape index (κ2) is 5.98. The lowest BCUT2D eigenvalue weighted by atomic mass is 10.0. The van der Waals surface area contributed by atoms with Gasteiger partial charge in [0.05, 0.1) is 6.10 Å². The fraction of sp³-hybridized carbons (Fsp3) is 0.500. The Balaban J connectivity index is 2.76. The zero-order valence-corrected chi connectivity index (χ0v) is 11.0. The number of ketones is 1. The number of rotatable bonds is 5. The first-order valence-corrected chi connectivity index (χ1v) is 6.06. The van der Waals surface area contributed by atoms with Gasteiger partial charge in [-0.3, -0.25) is 4.79 Å². The molecule has 100 valence electrons. The van der Waals surface area contributed by atoms with Gasteiger partial charge in [0.25, 0.3) is 0 Å². The molecule has 4 nitrogen and oxygen atoms in total. The first-order chi connectivity index (χ1) is 8.40. The summed E-state index contributed by atoms with van der Waals surface area (Å²) in [5.41, 5.74) is -1.09. The smallest absolute Gasteiger partial charge is 0.206 e. The van der Waals surface area contributed by atoms with E-state index in [4.69, 9.17) is 4.74 Å². The van der Waals surface area contributed by atoms with Crippen LogP contribution in [0.25, 0.3) is 0 Å². The minimum atomic E-state index is -1.17. The lowest BCUT2D eigenvalue weighted by Gasteiger charge is -2.22. The molecule has 0 saturated carbocycles. The highest BCUT2D eigenvalue weighted by atomic mass is 16.5. The van der Waals surface area contributed by atoms with Gasteiger partial charge >= 0.3 is 0 Å². The van der Waals surface area contributed by atoms with Gasteiger partial charge in [-0.2, -0.15) is 0 Å². The molecule has 0 radical (unpaired) electrons. The summed E-state index contributed by atoms with van der Waals surface area (Å²) >= 11 is 0. The Morgan fingerprint density at radius 2 is 2.11 bits per heavy atom. The van der Waals surface area contributed by atoms with Crippen LogP contribution in [0.4, 0.5) is 0 Å². The predicted octanol–water partition coefficient (Wildman–Crippen LogP) is 1.49. The minimum absolute atomic E-state index is 0.113. The summed E-state index contributed by atoms with van der Waals surface area (Å²) in [6.45, 7) is 5.08. The van der Waals surface area contributed by atoms with Gasteiger partial charge in [0, 0.05) is 6.08 Å². The van der Waals surface area contributed by atoms with Crippen LogP contribution in [-0.2, 0) is 9.53 Å². The Bertz CT molecular complexity index is 393. The summed E-state index contributed by atoms with van der Waals surface area (Å²) in [5, 5.41) is 18.9. The third kappa shape index (κ3) is 3.31. The first-order valence-electron chi connectivity index (χ1n) is 6.06. The van der Waals surface area contributed by atoms with Crippen molar-refractivity contribution in [3.8, 4) is 0 Å². The quantitative estimate of drug-likeness (QED) is 0.728. The van der Waals surface area contributed by atoms with Crippen molar-refractivity contribution in [1.29, 1.82) is 0 Å². The third-order valence-corrected chi connectivity index (χ3v) is 2.74. The lowest BCUT2D eigenvalue weighted by Crippen LogP contribution is -2.32. The summed E-state index contributed by atoms with van der Waals surface area (Å²) in [5.74, 6) is -0.125. The van der Waals surface area contributed by atoms with Gasteiger partial charge in [0.1, 0.15) is 11.9 Å². The maximum atomic E-state index is 11.8. The normalized spacial score (nSPS) is 27.6. The second-order valence-electron chi connectivity index (χ2n) is 4.50. The lowest BCUT2D eigenvalue weighted by molar-refractivity contribution is -0.125. The van der Waals surface area contributed by atoms with E-state index in [0.29, 0.717) is 0 Å². The Morgan fingerprint density at radius 3 is 2.67 bits per heavy atom. The molecule has 3 atom stereocenters. The van der Waals surface area contributed by atoms with Crippen LogP contribution in [0, 0.1) is 0 Å². The van der Waals surface area contributed by atoms with Crippen molar-refractivity contribution < 1.29 is 19.7 Å². The Hall–Kier alpha value is -1.39. The number of carbonyl (C=O) groups is 1. The number of hydrogen-bond donors (Lipinski definition) is 2. The molecule has 0 aromatic carbocycles. The molecular formula is C14H20O4. The average molecular weight is 252 g/mol. The molecule has 1 rings (SSSR count). The molecule has 0 bridgehead atoms. The highest BCUT2D eigenvalue weighted by Crippen LogP contribution is 2.29. The molecule has 3 unspecified atom stereocenters. The van der Waals surface area contributed by atoms with Crippen LogP contribution in [0.3, 0.4) is 0 Å². The van der Waals surface area contributed by atoms with Crippen molar-refractivity contribution >= 4 is 5.78 Å². The van der Waals surface area contributed by atoms with Crippen molar-refractivity contribution in [3.63, 3.8) is 0 Å². The molecule has 0 saturated heterocycles. The Kier molecular flexibility index (Phi) is 4.87. The molecule has 1 aliphatic rings.